The van der Waals surface area contributed by atoms with Crippen molar-refractivity contribution in [2.75, 3.05) is 0 Å². The third-order valence-electron chi connectivity index (χ3n) is 9.00. The molecule has 0 fully saturated rings. The summed E-state index contributed by atoms with van der Waals surface area (Å²) in [5.41, 5.74) is 13.0. The van der Waals surface area contributed by atoms with Gasteiger partial charge in [-0.05, 0) is 122 Å². The molecule has 0 atom stereocenters. The third-order valence-corrected chi connectivity index (χ3v) is 9.00. The standard InChI is InChI=1S/C39H64/c1-9-15-21-31-27-35(25-19-13-5)37(29-33(31)23-17-11-3)39(7,8)38-30-34(24-18-12-4)32(22-16-10-2)28-36(38)26-20-14-6/h27-30H,9-26H2,1-8H3. The Kier molecular flexibility index (Phi) is 15.5. The molecule has 2 aromatic carbocycles. The predicted octanol–water partition coefficient (Wildman–Crippen LogP) is 12.1. The topological polar surface area (TPSA) is 0 Å². The minimum Gasteiger partial charge on any atom is -0.0654 e. The first-order valence-electron chi connectivity index (χ1n) is 17.2. The van der Waals surface area contributed by atoms with Crippen molar-refractivity contribution in [1.82, 2.24) is 0 Å². The molecule has 0 saturated carbocycles. The highest BCUT2D eigenvalue weighted by Gasteiger charge is 2.30. The zero-order valence-electron chi connectivity index (χ0n) is 27.5. The zero-order valence-corrected chi connectivity index (χ0v) is 27.5. The number of hydrogen-bond acceptors (Lipinski definition) is 0. The van der Waals surface area contributed by atoms with Crippen molar-refractivity contribution < 1.29 is 0 Å². The maximum absolute atomic E-state index is 2.69. The predicted molar refractivity (Wildman–Crippen MR) is 177 cm³/mol. The van der Waals surface area contributed by atoms with Crippen LogP contribution in [0.4, 0.5) is 0 Å². The summed E-state index contributed by atoms with van der Waals surface area (Å²) in [6.07, 6.45) is 22.7. The van der Waals surface area contributed by atoms with E-state index in [4.69, 9.17) is 0 Å². The van der Waals surface area contributed by atoms with E-state index in [1.165, 1.54) is 116 Å². The molecule has 220 valence electrons. The SMILES string of the molecule is CCCCc1cc(CCCC)c(C(C)(C)c2cc(CCCC)c(CCCC)cc2CCCC)cc1CCCC. The van der Waals surface area contributed by atoms with Gasteiger partial charge in [0, 0.05) is 5.41 Å². The molecule has 0 aromatic heterocycles. The molecule has 0 heteroatoms. The van der Waals surface area contributed by atoms with E-state index < -0.39 is 0 Å². The molecule has 0 aliphatic rings. The number of unbranched alkanes of at least 4 members (excludes halogenated alkanes) is 6. The van der Waals surface area contributed by atoms with Crippen LogP contribution < -0.4 is 0 Å². The fraction of sp³-hybridized carbons (Fsp3) is 0.692. The Morgan fingerprint density at radius 1 is 0.359 bits per heavy atom. The van der Waals surface area contributed by atoms with Crippen LogP contribution in [-0.4, -0.2) is 0 Å². The van der Waals surface area contributed by atoms with Gasteiger partial charge in [0.05, 0.1) is 0 Å². The van der Waals surface area contributed by atoms with Gasteiger partial charge >= 0.3 is 0 Å². The second-order valence-corrected chi connectivity index (χ2v) is 12.8. The zero-order chi connectivity index (χ0) is 28.7. The third kappa shape index (κ3) is 9.79. The second-order valence-electron chi connectivity index (χ2n) is 12.8. The van der Waals surface area contributed by atoms with Crippen LogP contribution in [0, 0.1) is 0 Å². The maximum Gasteiger partial charge on any atom is 0.0152 e. The maximum atomic E-state index is 2.69. The van der Waals surface area contributed by atoms with E-state index >= 15 is 0 Å². The summed E-state index contributed by atoms with van der Waals surface area (Å²) < 4.78 is 0. The van der Waals surface area contributed by atoms with Crippen molar-refractivity contribution in [3.05, 3.63) is 68.8 Å². The molecule has 2 rings (SSSR count). The van der Waals surface area contributed by atoms with Crippen LogP contribution in [0.25, 0.3) is 0 Å². The van der Waals surface area contributed by atoms with Crippen LogP contribution in [0.3, 0.4) is 0 Å². The largest absolute Gasteiger partial charge is 0.0654 e. The van der Waals surface area contributed by atoms with Gasteiger partial charge in [-0.1, -0.05) is 118 Å². The molecule has 0 aliphatic carbocycles. The smallest absolute Gasteiger partial charge is 0.0152 e. The van der Waals surface area contributed by atoms with Gasteiger partial charge in [0.1, 0.15) is 0 Å². The van der Waals surface area contributed by atoms with E-state index in [1.807, 2.05) is 0 Å². The van der Waals surface area contributed by atoms with Crippen molar-refractivity contribution in [3.8, 4) is 0 Å². The van der Waals surface area contributed by atoms with Crippen LogP contribution in [0.2, 0.25) is 0 Å². The summed E-state index contributed by atoms with van der Waals surface area (Å²) in [6.45, 7) is 19.1. The van der Waals surface area contributed by atoms with Gasteiger partial charge in [-0.15, -0.1) is 0 Å². The van der Waals surface area contributed by atoms with Crippen LogP contribution in [-0.2, 0) is 43.9 Å². The van der Waals surface area contributed by atoms with Gasteiger partial charge < -0.3 is 0 Å². The van der Waals surface area contributed by atoms with Gasteiger partial charge in [0.2, 0.25) is 0 Å². The van der Waals surface area contributed by atoms with Gasteiger partial charge in [-0.25, -0.2) is 0 Å². The molecule has 0 N–H and O–H groups in total. The molecule has 2 aromatic rings. The molecule has 0 radical (unpaired) electrons. The Labute approximate surface area is 244 Å². The average molecular weight is 533 g/mol. The number of benzene rings is 2. The van der Waals surface area contributed by atoms with Gasteiger partial charge in [-0.2, -0.15) is 0 Å². The summed E-state index contributed by atoms with van der Waals surface area (Å²) in [7, 11) is 0. The highest BCUT2D eigenvalue weighted by molar-refractivity contribution is 5.52. The van der Waals surface area contributed by atoms with E-state index in [-0.39, 0.29) is 5.41 Å². The summed E-state index contributed by atoms with van der Waals surface area (Å²) in [6, 6.07) is 10.7. The summed E-state index contributed by atoms with van der Waals surface area (Å²) in [4.78, 5) is 0. The van der Waals surface area contributed by atoms with Gasteiger partial charge in [0.15, 0.2) is 0 Å². The fourth-order valence-electron chi connectivity index (χ4n) is 6.34. The van der Waals surface area contributed by atoms with Crippen molar-refractivity contribution in [1.29, 1.82) is 0 Å². The lowest BCUT2D eigenvalue weighted by atomic mass is 9.70. The first-order chi connectivity index (χ1) is 18.9. The highest BCUT2D eigenvalue weighted by atomic mass is 14.3. The van der Waals surface area contributed by atoms with Crippen molar-refractivity contribution in [3.63, 3.8) is 0 Å². The molecule has 0 amide bonds. The van der Waals surface area contributed by atoms with Crippen LogP contribution in [0.1, 0.15) is 177 Å². The Morgan fingerprint density at radius 2 is 0.590 bits per heavy atom. The highest BCUT2D eigenvalue weighted by Crippen LogP contribution is 2.40. The van der Waals surface area contributed by atoms with Crippen molar-refractivity contribution in [2.24, 2.45) is 0 Å². The lowest BCUT2D eigenvalue weighted by Crippen LogP contribution is -2.25. The Bertz CT molecular complexity index is 883. The monoisotopic (exact) mass is 533 g/mol. The summed E-state index contributed by atoms with van der Waals surface area (Å²) in [5.74, 6) is 0. The molecule has 0 heterocycles. The number of aryl methyl sites for hydroxylation is 6. The lowest BCUT2D eigenvalue weighted by Gasteiger charge is -2.33. The minimum absolute atomic E-state index is 0.0145. The van der Waals surface area contributed by atoms with Crippen LogP contribution in [0.5, 0.6) is 0 Å². The Balaban J connectivity index is 2.76. The molecule has 0 unspecified atom stereocenters. The van der Waals surface area contributed by atoms with Crippen LogP contribution in [0.15, 0.2) is 24.3 Å². The van der Waals surface area contributed by atoms with E-state index in [1.54, 1.807) is 44.5 Å². The van der Waals surface area contributed by atoms with Crippen molar-refractivity contribution in [2.45, 2.75) is 176 Å². The molecule has 0 spiro atoms. The Hall–Kier alpha value is -1.56. The van der Waals surface area contributed by atoms with E-state index in [0.29, 0.717) is 0 Å². The van der Waals surface area contributed by atoms with E-state index in [9.17, 15) is 0 Å². The lowest BCUT2D eigenvalue weighted by molar-refractivity contribution is 0.608. The van der Waals surface area contributed by atoms with Crippen LogP contribution >= 0.6 is 0 Å². The van der Waals surface area contributed by atoms with Crippen molar-refractivity contribution >= 4 is 0 Å². The molecule has 0 saturated heterocycles. The molecule has 39 heavy (non-hydrogen) atoms. The van der Waals surface area contributed by atoms with Gasteiger partial charge in [0.25, 0.3) is 0 Å². The minimum atomic E-state index is 0.0145. The molecule has 0 nitrogen and oxygen atoms in total. The van der Waals surface area contributed by atoms with E-state index in [0.717, 1.165) is 0 Å². The number of hydrogen-bond donors (Lipinski definition) is 0. The Morgan fingerprint density at radius 3 is 0.846 bits per heavy atom. The normalized spacial score (nSPS) is 11.9. The quantitative estimate of drug-likeness (QED) is 0.159. The fourth-order valence-corrected chi connectivity index (χ4v) is 6.34. The first kappa shape index (κ1) is 33.6. The summed E-state index contributed by atoms with van der Waals surface area (Å²) >= 11 is 0. The molecule has 0 aliphatic heterocycles. The second kappa shape index (κ2) is 18.0. The average Bonchev–Trinajstić information content (AvgIpc) is 2.94. The molecule has 0 bridgehead atoms. The first-order valence-corrected chi connectivity index (χ1v) is 17.2. The number of rotatable bonds is 20. The van der Waals surface area contributed by atoms with E-state index in [2.05, 4.69) is 79.7 Å². The summed E-state index contributed by atoms with van der Waals surface area (Å²) in [5, 5.41) is 0. The van der Waals surface area contributed by atoms with Gasteiger partial charge in [-0.3, -0.25) is 0 Å². The molecular weight excluding hydrogens is 468 g/mol. The molecular formula is C39H64.